The molecule has 3 heterocycles. The molecule has 0 spiro atoms. The van der Waals surface area contributed by atoms with Gasteiger partial charge in [0.1, 0.15) is 0 Å². The van der Waals surface area contributed by atoms with Gasteiger partial charge in [0.2, 0.25) is 0 Å². The molecule has 2 fully saturated rings. The number of piperidine rings is 1. The zero-order valence-electron chi connectivity index (χ0n) is 13.6. The SMILES string of the molecule is FC(F)(F)c1ccc(N2CCC(OCCN3CCCCC3)C2)nn1. The predicted molar refractivity (Wildman–Crippen MR) is 83.9 cm³/mol. The number of halogens is 3. The molecule has 0 amide bonds. The predicted octanol–water partition coefficient (Wildman–Crippen LogP) is 2.58. The fourth-order valence-electron chi connectivity index (χ4n) is 3.25. The van der Waals surface area contributed by atoms with Gasteiger partial charge in [-0.3, -0.25) is 0 Å². The molecule has 0 bridgehead atoms. The van der Waals surface area contributed by atoms with E-state index < -0.39 is 11.9 Å². The molecular weight excluding hydrogens is 321 g/mol. The number of hydrogen-bond acceptors (Lipinski definition) is 5. The van der Waals surface area contributed by atoms with Gasteiger partial charge in [-0.15, -0.1) is 10.2 Å². The standard InChI is InChI=1S/C16H23F3N4O/c17-16(18,19)14-4-5-15(21-20-14)23-9-6-13(12-23)24-11-10-22-7-2-1-3-8-22/h4-5,13H,1-3,6-12H2. The van der Waals surface area contributed by atoms with Gasteiger partial charge in [-0.25, -0.2) is 0 Å². The second-order valence-corrected chi connectivity index (χ2v) is 6.40. The summed E-state index contributed by atoms with van der Waals surface area (Å²) in [7, 11) is 0. The first-order valence-electron chi connectivity index (χ1n) is 8.52. The first-order chi connectivity index (χ1) is 11.5. The smallest absolute Gasteiger partial charge is 0.375 e. The Labute approximate surface area is 139 Å². The lowest BCUT2D eigenvalue weighted by Gasteiger charge is -2.26. The Balaban J connectivity index is 1.43. The highest BCUT2D eigenvalue weighted by molar-refractivity contribution is 5.39. The Hall–Kier alpha value is -1.41. The molecule has 0 aliphatic carbocycles. The minimum atomic E-state index is -4.45. The summed E-state index contributed by atoms with van der Waals surface area (Å²) >= 11 is 0. The molecule has 2 saturated heterocycles. The summed E-state index contributed by atoms with van der Waals surface area (Å²) in [6.07, 6.45) is 0.384. The summed E-state index contributed by atoms with van der Waals surface area (Å²) in [5.41, 5.74) is -0.959. The summed E-state index contributed by atoms with van der Waals surface area (Å²) in [6, 6.07) is 2.36. The van der Waals surface area contributed by atoms with Crippen molar-refractivity contribution in [1.29, 1.82) is 0 Å². The Bertz CT molecular complexity index is 517. The van der Waals surface area contributed by atoms with E-state index in [-0.39, 0.29) is 6.10 Å². The van der Waals surface area contributed by atoms with E-state index in [2.05, 4.69) is 15.1 Å². The molecule has 3 rings (SSSR count). The van der Waals surface area contributed by atoms with E-state index in [9.17, 15) is 13.2 Å². The van der Waals surface area contributed by atoms with Crippen molar-refractivity contribution in [3.05, 3.63) is 17.8 Å². The molecule has 134 valence electrons. The normalized spacial score (nSPS) is 23.0. The van der Waals surface area contributed by atoms with Crippen LogP contribution in [0.15, 0.2) is 12.1 Å². The minimum Gasteiger partial charge on any atom is -0.375 e. The van der Waals surface area contributed by atoms with Crippen LogP contribution in [0.4, 0.5) is 19.0 Å². The van der Waals surface area contributed by atoms with E-state index in [0.29, 0.717) is 19.0 Å². The molecule has 1 aromatic heterocycles. The first-order valence-corrected chi connectivity index (χ1v) is 8.52. The highest BCUT2D eigenvalue weighted by Gasteiger charge is 2.33. The van der Waals surface area contributed by atoms with E-state index in [1.54, 1.807) is 0 Å². The third kappa shape index (κ3) is 4.57. The van der Waals surface area contributed by atoms with Gasteiger partial charge in [-0.2, -0.15) is 13.2 Å². The third-order valence-corrected chi connectivity index (χ3v) is 4.62. The number of ether oxygens (including phenoxy) is 1. The first kappa shape index (κ1) is 17.4. The highest BCUT2D eigenvalue weighted by Crippen LogP contribution is 2.28. The monoisotopic (exact) mass is 344 g/mol. The van der Waals surface area contributed by atoms with Crippen molar-refractivity contribution in [2.24, 2.45) is 0 Å². The number of aromatic nitrogens is 2. The summed E-state index contributed by atoms with van der Waals surface area (Å²) in [4.78, 5) is 4.36. The van der Waals surface area contributed by atoms with Crippen molar-refractivity contribution in [2.75, 3.05) is 44.2 Å². The van der Waals surface area contributed by atoms with Crippen molar-refractivity contribution in [3.8, 4) is 0 Å². The van der Waals surface area contributed by atoms with Gasteiger partial charge in [0.25, 0.3) is 0 Å². The molecule has 1 unspecified atom stereocenters. The Morgan fingerprint density at radius 1 is 1.08 bits per heavy atom. The molecule has 24 heavy (non-hydrogen) atoms. The van der Waals surface area contributed by atoms with E-state index in [4.69, 9.17) is 4.74 Å². The lowest BCUT2D eigenvalue weighted by atomic mass is 10.1. The zero-order valence-corrected chi connectivity index (χ0v) is 13.6. The molecule has 8 heteroatoms. The topological polar surface area (TPSA) is 41.5 Å². The summed E-state index contributed by atoms with van der Waals surface area (Å²) < 4.78 is 43.5. The second kappa shape index (κ2) is 7.65. The van der Waals surface area contributed by atoms with Gasteiger partial charge in [0, 0.05) is 19.6 Å². The van der Waals surface area contributed by atoms with Crippen LogP contribution in [-0.4, -0.2) is 60.5 Å². The van der Waals surface area contributed by atoms with Crippen molar-refractivity contribution >= 4 is 5.82 Å². The summed E-state index contributed by atoms with van der Waals surface area (Å²) in [6.45, 7) is 5.35. The number of anilines is 1. The number of hydrogen-bond donors (Lipinski definition) is 0. The van der Waals surface area contributed by atoms with Gasteiger partial charge in [0.15, 0.2) is 11.5 Å². The van der Waals surface area contributed by atoms with Gasteiger partial charge < -0.3 is 14.5 Å². The molecule has 5 nitrogen and oxygen atoms in total. The number of nitrogens with zero attached hydrogens (tertiary/aromatic N) is 4. The van der Waals surface area contributed by atoms with E-state index in [1.165, 1.54) is 25.3 Å². The Morgan fingerprint density at radius 3 is 2.54 bits per heavy atom. The number of rotatable bonds is 5. The van der Waals surface area contributed by atoms with Crippen molar-refractivity contribution in [3.63, 3.8) is 0 Å². The van der Waals surface area contributed by atoms with Crippen molar-refractivity contribution in [1.82, 2.24) is 15.1 Å². The van der Waals surface area contributed by atoms with E-state index in [0.717, 1.165) is 38.7 Å². The van der Waals surface area contributed by atoms with Crippen LogP contribution in [0.25, 0.3) is 0 Å². The molecule has 0 aromatic carbocycles. The molecule has 0 radical (unpaired) electrons. The maximum Gasteiger partial charge on any atom is 0.435 e. The fourth-order valence-corrected chi connectivity index (χ4v) is 3.25. The molecular formula is C16H23F3N4O. The lowest BCUT2D eigenvalue weighted by molar-refractivity contribution is -0.141. The quantitative estimate of drug-likeness (QED) is 0.821. The maximum atomic E-state index is 12.5. The molecule has 0 saturated carbocycles. The Morgan fingerprint density at radius 2 is 1.88 bits per heavy atom. The second-order valence-electron chi connectivity index (χ2n) is 6.40. The van der Waals surface area contributed by atoms with Crippen LogP contribution in [-0.2, 0) is 10.9 Å². The molecule has 2 aliphatic heterocycles. The van der Waals surface area contributed by atoms with Crippen molar-refractivity contribution < 1.29 is 17.9 Å². The average Bonchev–Trinajstić information content (AvgIpc) is 3.04. The van der Waals surface area contributed by atoms with Crippen LogP contribution in [0, 0.1) is 0 Å². The Kier molecular flexibility index (Phi) is 5.55. The third-order valence-electron chi connectivity index (χ3n) is 4.62. The molecule has 0 N–H and O–H groups in total. The van der Waals surface area contributed by atoms with Crippen LogP contribution in [0.2, 0.25) is 0 Å². The average molecular weight is 344 g/mol. The van der Waals surface area contributed by atoms with Crippen LogP contribution >= 0.6 is 0 Å². The maximum absolute atomic E-state index is 12.5. The lowest BCUT2D eigenvalue weighted by Crippen LogP contribution is -2.34. The zero-order chi connectivity index (χ0) is 17.0. The van der Waals surface area contributed by atoms with Crippen LogP contribution in [0.3, 0.4) is 0 Å². The minimum absolute atomic E-state index is 0.110. The van der Waals surface area contributed by atoms with Gasteiger partial charge in [-0.05, 0) is 44.5 Å². The van der Waals surface area contributed by atoms with E-state index >= 15 is 0 Å². The van der Waals surface area contributed by atoms with Crippen LogP contribution < -0.4 is 4.90 Å². The summed E-state index contributed by atoms with van der Waals surface area (Å²) in [5.74, 6) is 0.477. The number of likely N-dealkylation sites (tertiary alicyclic amines) is 1. The van der Waals surface area contributed by atoms with Crippen molar-refractivity contribution in [2.45, 2.75) is 38.0 Å². The van der Waals surface area contributed by atoms with Gasteiger partial charge in [0.05, 0.1) is 12.7 Å². The van der Waals surface area contributed by atoms with Crippen LogP contribution in [0.5, 0.6) is 0 Å². The fraction of sp³-hybridized carbons (Fsp3) is 0.750. The molecule has 1 aromatic rings. The highest BCUT2D eigenvalue weighted by atomic mass is 19.4. The van der Waals surface area contributed by atoms with Gasteiger partial charge >= 0.3 is 6.18 Å². The van der Waals surface area contributed by atoms with Crippen LogP contribution in [0.1, 0.15) is 31.4 Å². The molecule has 2 aliphatic rings. The number of alkyl halides is 3. The van der Waals surface area contributed by atoms with E-state index in [1.807, 2.05) is 4.90 Å². The van der Waals surface area contributed by atoms with Gasteiger partial charge in [-0.1, -0.05) is 6.42 Å². The summed E-state index contributed by atoms with van der Waals surface area (Å²) in [5, 5.41) is 6.99. The largest absolute Gasteiger partial charge is 0.435 e. The molecule has 1 atom stereocenters.